The molecule has 1 rings (SSSR count). The Balaban J connectivity index is -0.0000000962. The Morgan fingerprint density at radius 2 is 0.862 bits per heavy atom. The van der Waals surface area contributed by atoms with Gasteiger partial charge in [-0.2, -0.15) is 0 Å². The van der Waals surface area contributed by atoms with Gasteiger partial charge in [-0.3, -0.25) is 0 Å². The van der Waals surface area contributed by atoms with Crippen LogP contribution in [0.25, 0.3) is 0 Å². The molecule has 1 aliphatic rings. The molecule has 29 heavy (non-hydrogen) atoms. The second-order valence-electron chi connectivity index (χ2n) is 3.76. The molecule has 1 radical (unpaired) electrons. The van der Waals surface area contributed by atoms with Crippen LogP contribution in [0.3, 0.4) is 0 Å². The minimum Gasteiger partial charge on any atom is -0.0767 e. The number of hydrogen-bond acceptors (Lipinski definition) is 4. The molecular weight excluding hydrogens is 555 g/mol. The van der Waals surface area contributed by atoms with E-state index in [-0.39, 0.29) is 21.1 Å². The van der Waals surface area contributed by atoms with Gasteiger partial charge in [-0.1, -0.05) is 24.3 Å². The van der Waals surface area contributed by atoms with Gasteiger partial charge in [-0.25, -0.2) is 0 Å². The van der Waals surface area contributed by atoms with Crippen molar-refractivity contribution in [3.05, 3.63) is 44.0 Å². The van der Waals surface area contributed by atoms with E-state index in [0.29, 0.717) is 0 Å². The first-order valence-electron chi connectivity index (χ1n) is 6.58. The Morgan fingerprint density at radius 1 is 0.655 bits per heavy atom. The van der Waals surface area contributed by atoms with Crippen LogP contribution in [0.1, 0.15) is 0 Å². The molecule has 0 saturated heterocycles. The summed E-state index contributed by atoms with van der Waals surface area (Å²) in [6.07, 6.45) is 11.7. The van der Waals surface area contributed by atoms with Crippen molar-refractivity contribution in [1.29, 1.82) is 0 Å². The fourth-order valence-corrected chi connectivity index (χ4v) is 3.33. The zero-order valence-corrected chi connectivity index (χ0v) is 20.5. The zero-order chi connectivity index (χ0) is 23.3. The van der Waals surface area contributed by atoms with Gasteiger partial charge in [0.15, 0.2) is 16.8 Å². The molecule has 0 aliphatic heterocycles. The van der Waals surface area contributed by atoms with Gasteiger partial charge in [0.25, 0.3) is 0 Å². The van der Waals surface area contributed by atoms with E-state index in [1.807, 2.05) is 30.7 Å². The molecule has 0 spiro atoms. The van der Waals surface area contributed by atoms with Crippen LogP contribution in [-0.2, 0) is 48.5 Å². The predicted molar refractivity (Wildman–Crippen MR) is 95.6 cm³/mol. The maximum atomic E-state index is 9.87. The normalized spacial score (nSPS) is 13.5. The Kier molecular flexibility index (Phi) is 27.8. The van der Waals surface area contributed by atoms with E-state index in [2.05, 4.69) is 13.3 Å². The summed E-state index contributed by atoms with van der Waals surface area (Å²) in [6, 6.07) is 0. The van der Waals surface area contributed by atoms with E-state index in [0.717, 1.165) is 12.3 Å². The quantitative estimate of drug-likeness (QED) is 0.110. The van der Waals surface area contributed by atoms with Gasteiger partial charge in [0.05, 0.1) is 0 Å². The fourth-order valence-electron chi connectivity index (χ4n) is 0.998. The van der Waals surface area contributed by atoms with Crippen molar-refractivity contribution in [3.8, 4) is 0 Å². The third kappa shape index (κ3) is 58.5. The SMILES string of the molecule is COP(CCP(OC)OC)OC.F[P-](F)(F)(F)(F)F.[C-]#[O+].[C-]#[O+].[CH]1C=CC=C1.[Mo]. The van der Waals surface area contributed by atoms with Crippen LogP contribution in [0.4, 0.5) is 25.2 Å². The number of allylic oxidation sites excluding steroid dienone is 4. The molecule has 0 heterocycles. The molecule has 0 N–H and O–H groups in total. The Hall–Kier alpha value is 0.358. The molecule has 16 heteroatoms. The third-order valence-corrected chi connectivity index (χ3v) is 4.99. The van der Waals surface area contributed by atoms with Crippen molar-refractivity contribution < 1.29 is 73.6 Å². The van der Waals surface area contributed by atoms with E-state index in [4.69, 9.17) is 27.4 Å². The zero-order valence-electron chi connectivity index (χ0n) is 15.8. The summed E-state index contributed by atoms with van der Waals surface area (Å²) in [5.74, 6) is 0. The van der Waals surface area contributed by atoms with Crippen molar-refractivity contribution in [1.82, 2.24) is 0 Å². The molecule has 1 aliphatic carbocycles. The summed E-state index contributed by atoms with van der Waals surface area (Å²) in [7, 11) is -5.55. The molecule has 0 atom stereocenters. The summed E-state index contributed by atoms with van der Waals surface area (Å²) in [6.45, 7) is 9.00. The third-order valence-electron chi connectivity index (χ3n) is 1.84. The molecule has 0 unspecified atom stereocenters. The van der Waals surface area contributed by atoms with Gasteiger partial charge >= 0.3 is 55.6 Å². The molecule has 0 aromatic rings. The minimum atomic E-state index is -10.7. The number of halogens is 6. The first-order chi connectivity index (χ1) is 12.7. The average molecular weight is 576 g/mol. The van der Waals surface area contributed by atoms with Crippen molar-refractivity contribution in [3.63, 3.8) is 0 Å². The van der Waals surface area contributed by atoms with Crippen molar-refractivity contribution in [2.45, 2.75) is 0 Å². The van der Waals surface area contributed by atoms with Crippen LogP contribution in [0, 0.1) is 19.7 Å². The molecule has 0 aromatic heterocycles. The van der Waals surface area contributed by atoms with Crippen LogP contribution in [0.5, 0.6) is 0 Å². The van der Waals surface area contributed by atoms with Gasteiger partial charge < -0.3 is 18.1 Å². The van der Waals surface area contributed by atoms with E-state index in [9.17, 15) is 25.2 Å². The van der Waals surface area contributed by atoms with Gasteiger partial charge in [0.2, 0.25) is 0 Å². The van der Waals surface area contributed by atoms with E-state index < -0.39 is 24.6 Å². The standard InChI is InChI=1S/C6H16O4P2.C5H5.2CO.F6P.Mo/c1-7-11(8-2)5-6-12(9-3)10-4;1-2-4-5-3-1;2*1-2;1-7(2,3,4,5)6;/h5-6H2,1-4H3;1-5H;;;;/q;;;;-1;. The van der Waals surface area contributed by atoms with E-state index in [1.54, 1.807) is 28.4 Å². The molecule has 0 saturated carbocycles. The number of rotatable bonds is 7. The second kappa shape index (κ2) is 20.3. The van der Waals surface area contributed by atoms with E-state index in [1.165, 1.54) is 0 Å². The minimum absolute atomic E-state index is 0. The molecule has 173 valence electrons. The summed E-state index contributed by atoms with van der Waals surface area (Å²) < 4.78 is 94.5. The molecule has 0 fully saturated rings. The Morgan fingerprint density at radius 3 is 0.966 bits per heavy atom. The summed E-state index contributed by atoms with van der Waals surface area (Å²) in [5, 5.41) is 0. The van der Waals surface area contributed by atoms with Crippen molar-refractivity contribution in [2.75, 3.05) is 40.8 Å². The van der Waals surface area contributed by atoms with Crippen LogP contribution in [0.2, 0.25) is 0 Å². The monoisotopic (exact) mass is 578 g/mol. The first-order valence-corrected chi connectivity index (χ1v) is 11.3. The van der Waals surface area contributed by atoms with E-state index >= 15 is 0 Å². The van der Waals surface area contributed by atoms with Crippen molar-refractivity contribution in [2.24, 2.45) is 0 Å². The van der Waals surface area contributed by atoms with Crippen molar-refractivity contribution >= 4 is 24.6 Å². The van der Waals surface area contributed by atoms with Gasteiger partial charge in [-0.15, -0.1) is 0 Å². The largest absolute Gasteiger partial charge is 0.0767 e. The van der Waals surface area contributed by atoms with Crippen LogP contribution < -0.4 is 0 Å². The molecule has 0 amide bonds. The maximum Gasteiger partial charge on any atom is 0.00506 e. The van der Waals surface area contributed by atoms with Gasteiger partial charge in [0, 0.05) is 68.2 Å². The Bertz CT molecular complexity index is 425. The van der Waals surface area contributed by atoms with Crippen LogP contribution in [0.15, 0.2) is 24.3 Å². The van der Waals surface area contributed by atoms with Crippen LogP contribution in [-0.4, -0.2) is 40.8 Å². The summed E-state index contributed by atoms with van der Waals surface area (Å²) in [5.41, 5.74) is 0. The fraction of sp³-hybridized carbons (Fsp3) is 0.462. The predicted octanol–water partition coefficient (Wildman–Crippen LogP) is 6.82. The molecular formula is C13H21F6MoO6P3-. The summed E-state index contributed by atoms with van der Waals surface area (Å²) >= 11 is 0. The summed E-state index contributed by atoms with van der Waals surface area (Å²) in [4.78, 5) is 0. The number of hydrogen-bond donors (Lipinski definition) is 0. The molecule has 0 bridgehead atoms. The molecule has 6 nitrogen and oxygen atoms in total. The molecule has 0 aromatic carbocycles. The second-order valence-corrected chi connectivity index (χ2v) is 9.37. The maximum absolute atomic E-state index is 10.7. The van der Waals surface area contributed by atoms with Gasteiger partial charge in [-0.05, 0) is 0 Å². The topological polar surface area (TPSA) is 76.7 Å². The van der Waals surface area contributed by atoms with Gasteiger partial charge in [0.1, 0.15) is 0 Å². The average Bonchev–Trinajstić information content (AvgIpc) is 3.20. The first kappa shape index (κ1) is 39.8. The Labute approximate surface area is 183 Å². The van der Waals surface area contributed by atoms with Crippen LogP contribution >= 0.6 is 24.6 Å². The smallest absolute Gasteiger partial charge is 0.00506 e.